The minimum absolute atomic E-state index is 0.207. The van der Waals surface area contributed by atoms with Gasteiger partial charge >= 0.3 is 11.9 Å². The SMILES string of the molecule is C[N+](C)(C)CC(CC(=O)[O-])OC(=O)CCCCCCCCC(=O)O. The predicted octanol–water partition coefficient (Wildman–Crippen LogP) is 0.950. The van der Waals surface area contributed by atoms with Crippen molar-refractivity contribution in [2.75, 3.05) is 27.7 Å². The molecular formula is C17H31NO6. The second-order valence-corrected chi connectivity index (χ2v) is 7.18. The van der Waals surface area contributed by atoms with Gasteiger partial charge in [0.15, 0.2) is 6.10 Å². The lowest BCUT2D eigenvalue weighted by atomic mass is 10.1. The molecule has 0 heterocycles. The summed E-state index contributed by atoms with van der Waals surface area (Å²) in [6, 6.07) is 0. The standard InChI is InChI=1S/C17H31NO6/c1-18(2,3)13-14(12-16(21)22)24-17(23)11-9-7-5-4-6-8-10-15(19)20/h14H,4-13H2,1-3H3,(H-,19,20,21,22). The van der Waals surface area contributed by atoms with Crippen molar-refractivity contribution in [2.45, 2.75) is 63.9 Å². The molecule has 0 saturated carbocycles. The first kappa shape index (κ1) is 22.4. The third kappa shape index (κ3) is 15.3. The summed E-state index contributed by atoms with van der Waals surface area (Å²) in [7, 11) is 5.71. The predicted molar refractivity (Wildman–Crippen MR) is 87.0 cm³/mol. The number of rotatable bonds is 14. The van der Waals surface area contributed by atoms with Crippen molar-refractivity contribution < 1.29 is 33.8 Å². The van der Waals surface area contributed by atoms with E-state index in [1.165, 1.54) is 0 Å². The van der Waals surface area contributed by atoms with Gasteiger partial charge in [-0.05, 0) is 12.8 Å². The van der Waals surface area contributed by atoms with Crippen molar-refractivity contribution in [3.05, 3.63) is 0 Å². The van der Waals surface area contributed by atoms with Crippen LogP contribution in [0.2, 0.25) is 0 Å². The smallest absolute Gasteiger partial charge is 0.306 e. The van der Waals surface area contributed by atoms with Crippen LogP contribution in [0.1, 0.15) is 57.8 Å². The Balaban J connectivity index is 3.88. The van der Waals surface area contributed by atoms with Crippen LogP contribution in [0, 0.1) is 0 Å². The highest BCUT2D eigenvalue weighted by molar-refractivity contribution is 5.70. The van der Waals surface area contributed by atoms with E-state index < -0.39 is 18.0 Å². The molecule has 0 bridgehead atoms. The molecule has 0 spiro atoms. The van der Waals surface area contributed by atoms with Gasteiger partial charge in [-0.25, -0.2) is 0 Å². The zero-order chi connectivity index (χ0) is 18.6. The van der Waals surface area contributed by atoms with Crippen molar-refractivity contribution in [1.82, 2.24) is 0 Å². The highest BCUT2D eigenvalue weighted by Crippen LogP contribution is 2.11. The zero-order valence-electron chi connectivity index (χ0n) is 15.1. The summed E-state index contributed by atoms with van der Waals surface area (Å²) in [5, 5.41) is 19.3. The minimum atomic E-state index is -1.22. The maximum absolute atomic E-state index is 11.8. The molecule has 0 rings (SSSR count). The highest BCUT2D eigenvalue weighted by atomic mass is 16.5. The molecule has 0 aliphatic carbocycles. The lowest BCUT2D eigenvalue weighted by Crippen LogP contribution is -2.45. The Hall–Kier alpha value is -1.63. The number of carboxylic acids is 2. The molecule has 7 nitrogen and oxygen atoms in total. The Bertz CT molecular complexity index is 402. The van der Waals surface area contributed by atoms with E-state index in [9.17, 15) is 19.5 Å². The Morgan fingerprint density at radius 3 is 1.92 bits per heavy atom. The van der Waals surface area contributed by atoms with Gasteiger partial charge in [0.05, 0.1) is 21.1 Å². The van der Waals surface area contributed by atoms with Crippen LogP contribution in [-0.2, 0) is 19.1 Å². The van der Waals surface area contributed by atoms with Crippen molar-refractivity contribution in [3.8, 4) is 0 Å². The van der Waals surface area contributed by atoms with Crippen LogP contribution in [-0.4, -0.2) is 61.3 Å². The van der Waals surface area contributed by atoms with E-state index in [0.29, 0.717) is 23.9 Å². The van der Waals surface area contributed by atoms with Gasteiger partial charge in [0, 0.05) is 25.2 Å². The molecule has 0 aromatic heterocycles. The quantitative estimate of drug-likeness (QED) is 0.286. The van der Waals surface area contributed by atoms with Gasteiger partial charge in [0.25, 0.3) is 0 Å². The van der Waals surface area contributed by atoms with Gasteiger partial charge in [-0.3, -0.25) is 9.59 Å². The van der Waals surface area contributed by atoms with Gasteiger partial charge < -0.3 is 24.2 Å². The normalized spacial score (nSPS) is 12.6. The Labute approximate surface area is 144 Å². The molecule has 0 amide bonds. The average Bonchev–Trinajstić information content (AvgIpc) is 2.38. The molecule has 1 unspecified atom stereocenters. The molecule has 0 radical (unpaired) electrons. The third-order valence-corrected chi connectivity index (χ3v) is 3.47. The summed E-state index contributed by atoms with van der Waals surface area (Å²) in [5.74, 6) is -2.36. The number of nitrogens with zero attached hydrogens (tertiary/aromatic N) is 1. The van der Waals surface area contributed by atoms with E-state index in [-0.39, 0.29) is 25.2 Å². The second-order valence-electron chi connectivity index (χ2n) is 7.18. The molecule has 7 heteroatoms. The van der Waals surface area contributed by atoms with E-state index in [0.717, 1.165) is 25.7 Å². The summed E-state index contributed by atoms with van der Waals surface area (Å²) in [4.78, 5) is 32.9. The van der Waals surface area contributed by atoms with Gasteiger partial charge in [-0.15, -0.1) is 0 Å². The summed E-state index contributed by atoms with van der Waals surface area (Å²) in [5.41, 5.74) is 0. The number of hydrogen-bond donors (Lipinski definition) is 1. The maximum atomic E-state index is 11.8. The van der Waals surface area contributed by atoms with E-state index in [1.807, 2.05) is 21.1 Å². The third-order valence-electron chi connectivity index (χ3n) is 3.47. The summed E-state index contributed by atoms with van der Waals surface area (Å²) < 4.78 is 5.77. The summed E-state index contributed by atoms with van der Waals surface area (Å²) >= 11 is 0. The number of esters is 1. The molecular weight excluding hydrogens is 314 g/mol. The van der Waals surface area contributed by atoms with Crippen molar-refractivity contribution >= 4 is 17.9 Å². The molecule has 0 fully saturated rings. The molecule has 140 valence electrons. The average molecular weight is 345 g/mol. The molecule has 1 atom stereocenters. The van der Waals surface area contributed by atoms with Crippen LogP contribution >= 0.6 is 0 Å². The number of ether oxygens (including phenoxy) is 1. The fourth-order valence-electron chi connectivity index (χ4n) is 2.44. The van der Waals surface area contributed by atoms with Crippen LogP contribution < -0.4 is 5.11 Å². The first-order chi connectivity index (χ1) is 11.1. The van der Waals surface area contributed by atoms with E-state index in [4.69, 9.17) is 9.84 Å². The fourth-order valence-corrected chi connectivity index (χ4v) is 2.44. The largest absolute Gasteiger partial charge is 0.550 e. The van der Waals surface area contributed by atoms with Crippen molar-refractivity contribution in [3.63, 3.8) is 0 Å². The van der Waals surface area contributed by atoms with Crippen LogP contribution in [0.4, 0.5) is 0 Å². The molecule has 0 aromatic rings. The van der Waals surface area contributed by atoms with Crippen LogP contribution in [0.25, 0.3) is 0 Å². The first-order valence-electron chi connectivity index (χ1n) is 8.51. The number of unbranched alkanes of at least 4 members (excludes halogenated alkanes) is 5. The van der Waals surface area contributed by atoms with Gasteiger partial charge in [-0.1, -0.05) is 25.7 Å². The number of carbonyl (C=O) groups is 3. The van der Waals surface area contributed by atoms with E-state index in [1.54, 1.807) is 0 Å². The highest BCUT2D eigenvalue weighted by Gasteiger charge is 2.22. The second kappa shape index (κ2) is 11.8. The Morgan fingerprint density at radius 1 is 0.958 bits per heavy atom. The lowest BCUT2D eigenvalue weighted by Gasteiger charge is -2.29. The van der Waals surface area contributed by atoms with Crippen LogP contribution in [0.15, 0.2) is 0 Å². The fraction of sp³-hybridized carbons (Fsp3) is 0.824. The number of hydrogen-bond acceptors (Lipinski definition) is 5. The number of aliphatic carboxylic acids is 2. The van der Waals surface area contributed by atoms with Crippen LogP contribution in [0.5, 0.6) is 0 Å². The topological polar surface area (TPSA) is 104 Å². The molecule has 1 N–H and O–H groups in total. The number of quaternary nitrogens is 1. The first-order valence-corrected chi connectivity index (χ1v) is 8.51. The number of likely N-dealkylation sites (N-methyl/N-ethyl adjacent to an activating group) is 1. The lowest BCUT2D eigenvalue weighted by molar-refractivity contribution is -0.873. The maximum Gasteiger partial charge on any atom is 0.306 e. The number of carboxylic acid groups (broad SMARTS) is 2. The Kier molecular flexibility index (Phi) is 11.0. The molecule has 24 heavy (non-hydrogen) atoms. The van der Waals surface area contributed by atoms with E-state index in [2.05, 4.69) is 0 Å². The van der Waals surface area contributed by atoms with Gasteiger partial charge in [0.1, 0.15) is 6.54 Å². The molecule has 0 saturated heterocycles. The molecule has 0 aliphatic heterocycles. The van der Waals surface area contributed by atoms with Crippen molar-refractivity contribution in [2.24, 2.45) is 0 Å². The summed E-state index contributed by atoms with van der Waals surface area (Å²) in [6.45, 7) is 0.420. The monoisotopic (exact) mass is 345 g/mol. The zero-order valence-corrected chi connectivity index (χ0v) is 15.1. The number of carbonyl (C=O) groups excluding carboxylic acids is 2. The van der Waals surface area contributed by atoms with Gasteiger partial charge in [0.2, 0.25) is 0 Å². The summed E-state index contributed by atoms with van der Waals surface area (Å²) in [6.07, 6.45) is 4.58. The van der Waals surface area contributed by atoms with Crippen LogP contribution in [0.3, 0.4) is 0 Å². The van der Waals surface area contributed by atoms with E-state index >= 15 is 0 Å². The van der Waals surface area contributed by atoms with Crippen molar-refractivity contribution in [1.29, 1.82) is 0 Å². The van der Waals surface area contributed by atoms with Gasteiger partial charge in [-0.2, -0.15) is 0 Å². The molecule has 0 aromatic carbocycles. The minimum Gasteiger partial charge on any atom is -0.550 e. The Morgan fingerprint density at radius 2 is 1.46 bits per heavy atom. The molecule has 0 aliphatic rings.